The molecule has 0 N–H and O–H groups in total. The maximum absolute atomic E-state index is 2.51. The van der Waals surface area contributed by atoms with Gasteiger partial charge in [-0.3, -0.25) is 0 Å². The van der Waals surface area contributed by atoms with Crippen molar-refractivity contribution in [3.63, 3.8) is 0 Å². The molecule has 0 fully saturated rings. The smallest absolute Gasteiger partial charge is 0.0714 e. The third-order valence-corrected chi connectivity index (χ3v) is 18.7. The second kappa shape index (κ2) is 21.0. The summed E-state index contributed by atoms with van der Waals surface area (Å²) in [6.07, 6.45) is 0. The molecule has 1 heterocycles. The van der Waals surface area contributed by atoms with Crippen molar-refractivity contribution < 1.29 is 0 Å². The Morgan fingerprint density at radius 2 is 0.523 bits per heavy atom. The van der Waals surface area contributed by atoms with Gasteiger partial charge in [-0.05, 0) is 175 Å². The van der Waals surface area contributed by atoms with Gasteiger partial charge in [-0.1, -0.05) is 303 Å². The Balaban J connectivity index is 0.785. The number of nitrogens with zero attached hydrogens (tertiary/aromatic N) is 1. The highest BCUT2D eigenvalue weighted by Crippen LogP contribution is 2.57. The first-order valence-electron chi connectivity index (χ1n) is 30.5. The Morgan fingerprint density at radius 3 is 0.989 bits per heavy atom. The number of fused-ring (bicyclic) bond motifs is 8. The van der Waals surface area contributed by atoms with Crippen molar-refractivity contribution in [3.05, 3.63) is 368 Å². The van der Waals surface area contributed by atoms with Crippen LogP contribution in [0.3, 0.4) is 0 Å². The molecule has 410 valence electrons. The topological polar surface area (TPSA) is 4.93 Å². The highest BCUT2D eigenvalue weighted by molar-refractivity contribution is 6.12. The predicted octanol–water partition coefficient (Wildman–Crippen LogP) is 23.1. The summed E-state index contributed by atoms with van der Waals surface area (Å²) in [6.45, 7) is 0. The minimum absolute atomic E-state index is 0.594. The standard InChI is InChI=1S/C87H57N/c1-4-16-58(17-5-1)71-46-50-79-80-51-49-74(57-84(80)87(83(79)56-71,72-22-6-2-7-23-72)73-24-8-3-9-25-73)88-85-52-47-69(63-34-30-59(31-35-63)61-38-42-67(43-39-61)77-28-14-20-65-18-10-12-26-75(65)77)54-81(85)82-55-70(48-53-86(82)88)64-36-32-60(33-37-64)62-40-44-68(45-41-62)78-29-15-21-66-19-11-13-27-76(66)78/h1-57H. The highest BCUT2D eigenvalue weighted by Gasteiger charge is 2.46. The molecule has 15 aromatic carbocycles. The van der Waals surface area contributed by atoms with Gasteiger partial charge in [0.1, 0.15) is 0 Å². The lowest BCUT2D eigenvalue weighted by Gasteiger charge is -2.34. The summed E-state index contributed by atoms with van der Waals surface area (Å²) in [6, 6.07) is 128. The van der Waals surface area contributed by atoms with Crippen molar-refractivity contribution in [1.29, 1.82) is 0 Å². The predicted molar refractivity (Wildman–Crippen MR) is 371 cm³/mol. The van der Waals surface area contributed by atoms with Gasteiger partial charge in [-0.15, -0.1) is 0 Å². The summed E-state index contributed by atoms with van der Waals surface area (Å²) in [5.74, 6) is 0. The summed E-state index contributed by atoms with van der Waals surface area (Å²) in [5, 5.41) is 7.47. The normalized spacial score (nSPS) is 12.4. The number of benzene rings is 15. The van der Waals surface area contributed by atoms with Gasteiger partial charge in [-0.2, -0.15) is 0 Å². The molecule has 0 aliphatic heterocycles. The van der Waals surface area contributed by atoms with Crippen LogP contribution < -0.4 is 0 Å². The maximum atomic E-state index is 2.51. The summed E-state index contributed by atoms with van der Waals surface area (Å²) in [4.78, 5) is 0. The molecule has 16 aromatic rings. The summed E-state index contributed by atoms with van der Waals surface area (Å²) >= 11 is 0. The van der Waals surface area contributed by atoms with Gasteiger partial charge in [-0.25, -0.2) is 0 Å². The fourth-order valence-corrected chi connectivity index (χ4v) is 14.4. The lowest BCUT2D eigenvalue weighted by Crippen LogP contribution is -2.28. The van der Waals surface area contributed by atoms with Crippen LogP contribution in [0, 0.1) is 0 Å². The molecule has 0 spiro atoms. The van der Waals surface area contributed by atoms with E-state index in [1.807, 2.05) is 0 Å². The molecule has 1 heteroatoms. The van der Waals surface area contributed by atoms with Gasteiger partial charge in [0, 0.05) is 16.5 Å². The van der Waals surface area contributed by atoms with E-state index < -0.39 is 5.41 Å². The second-order valence-corrected chi connectivity index (χ2v) is 23.5. The van der Waals surface area contributed by atoms with Crippen LogP contribution in [-0.4, -0.2) is 4.57 Å². The van der Waals surface area contributed by atoms with E-state index in [0.717, 1.165) is 16.7 Å². The van der Waals surface area contributed by atoms with Crippen LogP contribution in [-0.2, 0) is 5.41 Å². The summed E-state index contributed by atoms with van der Waals surface area (Å²) in [7, 11) is 0. The molecule has 1 aromatic heterocycles. The van der Waals surface area contributed by atoms with Crippen molar-refractivity contribution in [3.8, 4) is 94.7 Å². The van der Waals surface area contributed by atoms with Crippen molar-refractivity contribution >= 4 is 43.4 Å². The van der Waals surface area contributed by atoms with E-state index in [4.69, 9.17) is 0 Å². The van der Waals surface area contributed by atoms with E-state index in [0.29, 0.717) is 0 Å². The lowest BCUT2D eigenvalue weighted by atomic mass is 9.67. The third kappa shape index (κ3) is 8.46. The molecule has 1 aliphatic carbocycles. The van der Waals surface area contributed by atoms with Crippen molar-refractivity contribution in [1.82, 2.24) is 4.57 Å². The van der Waals surface area contributed by atoms with Crippen LogP contribution in [0.2, 0.25) is 0 Å². The minimum atomic E-state index is -0.594. The number of hydrogen-bond donors (Lipinski definition) is 0. The number of aromatic nitrogens is 1. The monoisotopic (exact) mass is 1120 g/mol. The van der Waals surface area contributed by atoms with Crippen LogP contribution in [0.4, 0.5) is 0 Å². The SMILES string of the molecule is c1ccc(-c2ccc3c(c2)C(c2ccccc2)(c2ccccc2)c2cc(-n4c5ccc(-c6ccc(-c7ccc(-c8cccc9ccccc89)cc7)cc6)cc5c5cc(-c6ccc(-c7ccc(-c8cccc9ccccc89)cc7)cc6)ccc54)ccc2-3)cc1. The minimum Gasteiger partial charge on any atom is -0.309 e. The fourth-order valence-electron chi connectivity index (χ4n) is 14.4. The number of rotatable bonds is 10. The quantitative estimate of drug-likeness (QED) is 0.129. The first-order chi connectivity index (χ1) is 43.6. The molecule has 1 nitrogen and oxygen atoms in total. The molecule has 17 rings (SSSR count). The van der Waals surface area contributed by atoms with E-state index in [1.165, 1.54) is 144 Å². The van der Waals surface area contributed by atoms with Gasteiger partial charge in [0.15, 0.2) is 0 Å². The fraction of sp³-hybridized carbons (Fsp3) is 0.0115. The van der Waals surface area contributed by atoms with Crippen molar-refractivity contribution in [2.24, 2.45) is 0 Å². The molecule has 0 amide bonds. The molecule has 0 atom stereocenters. The lowest BCUT2D eigenvalue weighted by molar-refractivity contribution is 0.768. The average molecular weight is 1120 g/mol. The zero-order valence-electron chi connectivity index (χ0n) is 48.4. The molecule has 88 heavy (non-hydrogen) atoms. The Hall–Kier alpha value is -11.4. The van der Waals surface area contributed by atoms with Gasteiger partial charge in [0.2, 0.25) is 0 Å². The van der Waals surface area contributed by atoms with E-state index in [2.05, 4.69) is 350 Å². The molecule has 0 saturated heterocycles. The van der Waals surface area contributed by atoms with Crippen LogP contribution >= 0.6 is 0 Å². The van der Waals surface area contributed by atoms with Gasteiger partial charge in [0.25, 0.3) is 0 Å². The van der Waals surface area contributed by atoms with E-state index in [-0.39, 0.29) is 0 Å². The first kappa shape index (κ1) is 51.1. The molecular formula is C87H57N. The molecule has 1 aliphatic rings. The zero-order valence-corrected chi connectivity index (χ0v) is 48.4. The van der Waals surface area contributed by atoms with Gasteiger partial charge >= 0.3 is 0 Å². The van der Waals surface area contributed by atoms with Gasteiger partial charge in [0.05, 0.1) is 16.4 Å². The van der Waals surface area contributed by atoms with Crippen LogP contribution in [0.15, 0.2) is 346 Å². The van der Waals surface area contributed by atoms with Crippen LogP contribution in [0.25, 0.3) is 138 Å². The Morgan fingerprint density at radius 1 is 0.193 bits per heavy atom. The van der Waals surface area contributed by atoms with Gasteiger partial charge < -0.3 is 4.57 Å². The largest absolute Gasteiger partial charge is 0.309 e. The highest BCUT2D eigenvalue weighted by atomic mass is 15.0. The molecule has 0 bridgehead atoms. The summed E-state index contributed by atoms with van der Waals surface area (Å²) in [5.41, 5.74) is 27.3. The molecule has 0 unspecified atom stereocenters. The Kier molecular flexibility index (Phi) is 12.2. The maximum Gasteiger partial charge on any atom is 0.0714 e. The summed E-state index contributed by atoms with van der Waals surface area (Å²) < 4.78 is 2.51. The first-order valence-corrected chi connectivity index (χ1v) is 30.5. The van der Waals surface area contributed by atoms with Crippen molar-refractivity contribution in [2.45, 2.75) is 5.41 Å². The second-order valence-electron chi connectivity index (χ2n) is 23.5. The average Bonchev–Trinajstić information content (AvgIpc) is 1.57. The van der Waals surface area contributed by atoms with E-state index in [9.17, 15) is 0 Å². The Labute approximate surface area is 513 Å². The van der Waals surface area contributed by atoms with E-state index in [1.54, 1.807) is 0 Å². The molecule has 0 radical (unpaired) electrons. The van der Waals surface area contributed by atoms with Crippen LogP contribution in [0.1, 0.15) is 22.3 Å². The van der Waals surface area contributed by atoms with E-state index >= 15 is 0 Å². The zero-order chi connectivity index (χ0) is 58.1. The number of hydrogen-bond acceptors (Lipinski definition) is 0. The Bertz CT molecular complexity index is 5040. The van der Waals surface area contributed by atoms with Crippen molar-refractivity contribution in [2.75, 3.05) is 0 Å². The molecule has 0 saturated carbocycles. The third-order valence-electron chi connectivity index (χ3n) is 18.7. The molecular weight excluding hydrogens is 1060 g/mol. The van der Waals surface area contributed by atoms with Crippen LogP contribution in [0.5, 0.6) is 0 Å².